The lowest BCUT2D eigenvalue weighted by Crippen LogP contribution is -2.29. The maximum atomic E-state index is 12.0. The summed E-state index contributed by atoms with van der Waals surface area (Å²) in [6.07, 6.45) is 0.125. The molecule has 1 aromatic carbocycles. The van der Waals surface area contributed by atoms with Crippen LogP contribution in [0.2, 0.25) is 0 Å². The Morgan fingerprint density at radius 3 is 2.30 bits per heavy atom. The van der Waals surface area contributed by atoms with Gasteiger partial charge in [0.2, 0.25) is 0 Å². The molecule has 1 heterocycles. The molecule has 0 saturated carbocycles. The molecule has 0 bridgehead atoms. The van der Waals surface area contributed by atoms with Crippen molar-refractivity contribution in [3.8, 4) is 5.75 Å². The molecule has 0 fully saturated rings. The first-order valence-electron chi connectivity index (χ1n) is 7.34. The fraction of sp³-hybridized carbons (Fsp3) is 0.611. The average Bonchev–Trinajstić information content (AvgIpc) is 2.48. The van der Waals surface area contributed by atoms with Crippen LogP contribution in [0.5, 0.6) is 5.75 Å². The second kappa shape index (κ2) is 4.34. The van der Waals surface area contributed by atoms with Gasteiger partial charge in [0.15, 0.2) is 5.78 Å². The molecule has 2 heteroatoms. The van der Waals surface area contributed by atoms with Crippen molar-refractivity contribution in [1.29, 1.82) is 0 Å². The summed E-state index contributed by atoms with van der Waals surface area (Å²) < 4.78 is 6.18. The van der Waals surface area contributed by atoms with Crippen LogP contribution < -0.4 is 4.74 Å². The van der Waals surface area contributed by atoms with Crippen LogP contribution in [-0.4, -0.2) is 11.9 Å². The molecule has 1 aliphatic rings. The monoisotopic (exact) mass is 274 g/mol. The van der Waals surface area contributed by atoms with Gasteiger partial charge in [-0.15, -0.1) is 0 Å². The van der Waals surface area contributed by atoms with Gasteiger partial charge in [-0.3, -0.25) is 4.79 Å². The van der Waals surface area contributed by atoms with E-state index in [0.29, 0.717) is 0 Å². The average molecular weight is 274 g/mol. The molecule has 0 spiro atoms. The van der Waals surface area contributed by atoms with Gasteiger partial charge in [-0.05, 0) is 37.8 Å². The zero-order valence-corrected chi connectivity index (χ0v) is 14.0. The van der Waals surface area contributed by atoms with Crippen LogP contribution in [0.25, 0.3) is 0 Å². The van der Waals surface area contributed by atoms with Crippen molar-refractivity contribution in [2.45, 2.75) is 72.3 Å². The van der Waals surface area contributed by atoms with Gasteiger partial charge in [0, 0.05) is 22.1 Å². The zero-order chi connectivity index (χ0) is 15.5. The molecular weight excluding hydrogens is 248 g/mol. The number of rotatable bonds is 1. The van der Waals surface area contributed by atoms with Crippen LogP contribution in [0.4, 0.5) is 0 Å². The van der Waals surface area contributed by atoms with E-state index in [4.69, 9.17) is 4.74 Å². The number of Topliss-reactive ketones (excluding diaryl/α,β-unsaturated/α-hetero) is 1. The van der Waals surface area contributed by atoms with E-state index in [1.807, 2.05) is 13.0 Å². The molecule has 1 atom stereocenters. The zero-order valence-electron chi connectivity index (χ0n) is 14.0. The van der Waals surface area contributed by atoms with E-state index in [1.165, 1.54) is 5.56 Å². The van der Waals surface area contributed by atoms with Crippen LogP contribution in [0.3, 0.4) is 0 Å². The van der Waals surface area contributed by atoms with Gasteiger partial charge in [-0.1, -0.05) is 34.6 Å². The third kappa shape index (κ3) is 2.06. The number of hydrogen-bond acceptors (Lipinski definition) is 2. The molecule has 2 nitrogen and oxygen atoms in total. The lowest BCUT2D eigenvalue weighted by Gasteiger charge is -2.26. The maximum Gasteiger partial charge on any atom is 0.160 e. The molecule has 1 unspecified atom stereocenters. The van der Waals surface area contributed by atoms with E-state index >= 15 is 0 Å². The number of benzene rings is 1. The van der Waals surface area contributed by atoms with Crippen molar-refractivity contribution in [2.24, 2.45) is 0 Å². The van der Waals surface area contributed by atoms with Crippen molar-refractivity contribution in [3.63, 3.8) is 0 Å². The largest absolute Gasteiger partial charge is 0.489 e. The molecule has 0 N–H and O–H groups in total. The Balaban J connectivity index is 2.87. The van der Waals surface area contributed by atoms with Gasteiger partial charge in [0.1, 0.15) is 11.9 Å². The summed E-state index contributed by atoms with van der Waals surface area (Å²) in [5, 5.41) is 0. The Morgan fingerprint density at radius 2 is 1.85 bits per heavy atom. The summed E-state index contributed by atoms with van der Waals surface area (Å²) in [4.78, 5) is 12.0. The van der Waals surface area contributed by atoms with Crippen molar-refractivity contribution in [3.05, 3.63) is 28.3 Å². The molecular formula is C18H26O2. The Kier molecular flexibility index (Phi) is 3.27. The van der Waals surface area contributed by atoms with E-state index in [1.54, 1.807) is 6.92 Å². The highest BCUT2D eigenvalue weighted by Gasteiger charge is 2.43. The third-order valence-electron chi connectivity index (χ3n) is 4.68. The number of ketones is 1. The first-order valence-corrected chi connectivity index (χ1v) is 7.34. The Morgan fingerprint density at radius 1 is 1.30 bits per heavy atom. The summed E-state index contributed by atoms with van der Waals surface area (Å²) >= 11 is 0. The highest BCUT2D eigenvalue weighted by atomic mass is 16.5. The van der Waals surface area contributed by atoms with Gasteiger partial charge in [-0.2, -0.15) is 0 Å². The SMILES string of the molecule is CC(=O)c1cc(C(C)(C)C)c2c(c1C)C(C)(C)C(C)O2. The van der Waals surface area contributed by atoms with Gasteiger partial charge in [-0.25, -0.2) is 0 Å². The van der Waals surface area contributed by atoms with Crippen molar-refractivity contribution in [1.82, 2.24) is 0 Å². The number of carbonyl (C=O) groups excluding carboxylic acids is 1. The van der Waals surface area contributed by atoms with E-state index in [2.05, 4.69) is 41.5 Å². The minimum atomic E-state index is -0.0646. The van der Waals surface area contributed by atoms with Gasteiger partial charge >= 0.3 is 0 Å². The number of carbonyl (C=O) groups is 1. The first kappa shape index (κ1) is 15.1. The molecule has 2 rings (SSSR count). The second-order valence-corrected chi connectivity index (χ2v) is 7.59. The summed E-state index contributed by atoms with van der Waals surface area (Å²) in [6.45, 7) is 16.7. The predicted octanol–water partition coefficient (Wildman–Crippen LogP) is 4.55. The van der Waals surface area contributed by atoms with Crippen molar-refractivity contribution >= 4 is 5.78 Å². The Hall–Kier alpha value is -1.31. The number of fused-ring (bicyclic) bond motifs is 1. The van der Waals surface area contributed by atoms with E-state index in [-0.39, 0.29) is 22.7 Å². The fourth-order valence-corrected chi connectivity index (χ4v) is 3.11. The quantitative estimate of drug-likeness (QED) is 0.702. The lowest BCUT2D eigenvalue weighted by molar-refractivity contribution is 0.101. The maximum absolute atomic E-state index is 12.0. The first-order chi connectivity index (χ1) is 8.98. The van der Waals surface area contributed by atoms with Crippen molar-refractivity contribution in [2.75, 3.05) is 0 Å². The molecule has 0 amide bonds. The second-order valence-electron chi connectivity index (χ2n) is 7.59. The van der Waals surface area contributed by atoms with E-state index < -0.39 is 0 Å². The molecule has 0 aliphatic carbocycles. The van der Waals surface area contributed by atoms with Crippen LogP contribution in [0, 0.1) is 6.92 Å². The van der Waals surface area contributed by atoms with E-state index in [0.717, 1.165) is 22.4 Å². The molecule has 20 heavy (non-hydrogen) atoms. The standard InChI is InChI=1S/C18H26O2/c1-10-13(11(2)19)9-14(17(4,5)6)16-15(10)18(7,8)12(3)20-16/h9,12H,1-8H3. The molecule has 110 valence electrons. The lowest BCUT2D eigenvalue weighted by atomic mass is 9.74. The smallest absolute Gasteiger partial charge is 0.160 e. The summed E-state index contributed by atoms with van der Waals surface area (Å²) in [7, 11) is 0. The highest BCUT2D eigenvalue weighted by Crippen LogP contribution is 2.50. The normalized spacial score (nSPS) is 20.5. The molecule has 0 radical (unpaired) electrons. The van der Waals surface area contributed by atoms with E-state index in [9.17, 15) is 4.79 Å². The Labute approximate surface area is 122 Å². The summed E-state index contributed by atoms with van der Waals surface area (Å²) in [5.41, 5.74) is 4.16. The third-order valence-corrected chi connectivity index (χ3v) is 4.68. The molecule has 1 aromatic rings. The van der Waals surface area contributed by atoms with Gasteiger partial charge < -0.3 is 4.74 Å². The fourth-order valence-electron chi connectivity index (χ4n) is 3.11. The predicted molar refractivity (Wildman–Crippen MR) is 83.0 cm³/mol. The number of ether oxygens (including phenoxy) is 1. The number of hydrogen-bond donors (Lipinski definition) is 0. The summed E-state index contributed by atoms with van der Waals surface area (Å²) in [5.74, 6) is 1.13. The Bertz CT molecular complexity index is 574. The topological polar surface area (TPSA) is 26.3 Å². The van der Waals surface area contributed by atoms with Crippen LogP contribution in [0.15, 0.2) is 6.07 Å². The minimum absolute atomic E-state index is 0.0396. The summed E-state index contributed by atoms with van der Waals surface area (Å²) in [6, 6.07) is 2.03. The van der Waals surface area contributed by atoms with Gasteiger partial charge in [0.05, 0.1) is 0 Å². The highest BCUT2D eigenvalue weighted by molar-refractivity contribution is 5.96. The molecule has 0 saturated heterocycles. The van der Waals surface area contributed by atoms with Crippen LogP contribution >= 0.6 is 0 Å². The molecule has 0 aromatic heterocycles. The van der Waals surface area contributed by atoms with Crippen LogP contribution in [0.1, 0.15) is 75.5 Å². The minimum Gasteiger partial charge on any atom is -0.489 e. The van der Waals surface area contributed by atoms with Gasteiger partial charge in [0.25, 0.3) is 0 Å². The van der Waals surface area contributed by atoms with Crippen molar-refractivity contribution < 1.29 is 9.53 Å². The molecule has 1 aliphatic heterocycles. The van der Waals surface area contributed by atoms with Crippen LogP contribution in [-0.2, 0) is 10.8 Å².